The zero-order valence-electron chi connectivity index (χ0n) is 19.8. The highest BCUT2D eigenvalue weighted by Gasteiger charge is 2.32. The van der Waals surface area contributed by atoms with Gasteiger partial charge in [-0.05, 0) is 56.0 Å². The molecule has 1 fully saturated rings. The summed E-state index contributed by atoms with van der Waals surface area (Å²) in [5.74, 6) is 0.0571. The summed E-state index contributed by atoms with van der Waals surface area (Å²) in [6.45, 7) is 7.76. The number of aromatic nitrogens is 1. The molecule has 34 heavy (non-hydrogen) atoms. The first-order valence-corrected chi connectivity index (χ1v) is 12.6. The molecule has 0 saturated carbocycles. The molecule has 174 valence electrons. The number of amides is 2. The zero-order chi connectivity index (χ0) is 23.8. The van der Waals surface area contributed by atoms with Crippen LogP contribution in [0.4, 0.5) is 0 Å². The number of nitrogens with zero attached hydrogens (tertiary/aromatic N) is 3. The van der Waals surface area contributed by atoms with Gasteiger partial charge in [-0.1, -0.05) is 48.0 Å². The molecular weight excluding hydrogens is 442 g/mol. The fourth-order valence-electron chi connectivity index (χ4n) is 4.84. The number of piperazine rings is 1. The maximum Gasteiger partial charge on any atom is 0.270 e. The molecule has 6 heteroatoms. The summed E-state index contributed by atoms with van der Waals surface area (Å²) in [4.78, 5) is 31.7. The highest BCUT2D eigenvalue weighted by molar-refractivity contribution is 7.16. The molecule has 2 aromatic heterocycles. The molecule has 0 radical (unpaired) electrons. The van der Waals surface area contributed by atoms with Crippen molar-refractivity contribution in [2.45, 2.75) is 32.9 Å². The van der Waals surface area contributed by atoms with Gasteiger partial charge in [0.15, 0.2) is 0 Å². The van der Waals surface area contributed by atoms with Crippen LogP contribution >= 0.6 is 11.3 Å². The maximum absolute atomic E-state index is 13.8. The van der Waals surface area contributed by atoms with E-state index >= 15 is 0 Å². The van der Waals surface area contributed by atoms with Crippen molar-refractivity contribution < 1.29 is 9.59 Å². The number of hydrogen-bond donors (Lipinski definition) is 0. The molecule has 5 rings (SSSR count). The summed E-state index contributed by atoms with van der Waals surface area (Å²) in [5, 5.41) is 3.17. The van der Waals surface area contributed by atoms with Crippen LogP contribution in [0.25, 0.3) is 10.2 Å². The van der Waals surface area contributed by atoms with Gasteiger partial charge in [0, 0.05) is 36.6 Å². The molecule has 2 atom stereocenters. The SMILES string of the molecule is Cc1ccc(C(=O)N2CCN(C(=O)c3cc4ccsc4n3[C@@H](C)c3ccccc3)C[C@@H]2C)cc1. The van der Waals surface area contributed by atoms with Crippen LogP contribution in [-0.4, -0.2) is 51.9 Å². The van der Waals surface area contributed by atoms with Gasteiger partial charge in [0.25, 0.3) is 11.8 Å². The fourth-order valence-corrected chi connectivity index (χ4v) is 5.82. The fraction of sp³-hybridized carbons (Fsp3) is 0.286. The second kappa shape index (κ2) is 9.11. The molecule has 0 unspecified atom stereocenters. The minimum Gasteiger partial charge on any atom is -0.334 e. The third-order valence-electron chi connectivity index (χ3n) is 6.81. The topological polar surface area (TPSA) is 45.6 Å². The highest BCUT2D eigenvalue weighted by atomic mass is 32.1. The number of fused-ring (bicyclic) bond motifs is 1. The van der Waals surface area contributed by atoms with Gasteiger partial charge in [-0.25, -0.2) is 0 Å². The average molecular weight is 472 g/mol. The first-order valence-electron chi connectivity index (χ1n) is 11.7. The number of rotatable bonds is 4. The van der Waals surface area contributed by atoms with Crippen LogP contribution in [0.15, 0.2) is 72.1 Å². The second-order valence-electron chi connectivity index (χ2n) is 9.13. The van der Waals surface area contributed by atoms with Crippen LogP contribution in [0.2, 0.25) is 0 Å². The standard InChI is InChI=1S/C28H29N3O2S/c1-19-9-11-23(12-10-19)26(32)30-15-14-29(18-20(30)2)27(33)25-17-24-13-16-34-28(24)31(25)21(3)22-7-5-4-6-8-22/h4-13,16-17,20-21H,14-15,18H2,1-3H3/t20-,21-/m0/s1. The quantitative estimate of drug-likeness (QED) is 0.389. The van der Waals surface area contributed by atoms with Crippen LogP contribution < -0.4 is 0 Å². The lowest BCUT2D eigenvalue weighted by Crippen LogP contribution is -2.55. The Morgan fingerprint density at radius 1 is 0.971 bits per heavy atom. The molecule has 0 spiro atoms. The predicted molar refractivity (Wildman–Crippen MR) is 138 cm³/mol. The molecule has 0 N–H and O–H groups in total. The lowest BCUT2D eigenvalue weighted by Gasteiger charge is -2.40. The smallest absolute Gasteiger partial charge is 0.270 e. The number of hydrogen-bond acceptors (Lipinski definition) is 3. The van der Waals surface area contributed by atoms with Crippen molar-refractivity contribution in [3.63, 3.8) is 0 Å². The van der Waals surface area contributed by atoms with E-state index in [4.69, 9.17) is 0 Å². The van der Waals surface area contributed by atoms with Gasteiger partial charge < -0.3 is 14.4 Å². The molecule has 3 heterocycles. The Kier molecular flexibility index (Phi) is 6.00. The normalized spacial score (nSPS) is 17.2. The number of carbonyl (C=O) groups is 2. The molecule has 5 nitrogen and oxygen atoms in total. The third-order valence-corrected chi connectivity index (χ3v) is 7.74. The van der Waals surface area contributed by atoms with Crippen molar-refractivity contribution in [1.82, 2.24) is 14.4 Å². The van der Waals surface area contributed by atoms with Gasteiger partial charge >= 0.3 is 0 Å². The molecule has 1 aliphatic heterocycles. The summed E-state index contributed by atoms with van der Waals surface area (Å²) in [6.07, 6.45) is 0. The van der Waals surface area contributed by atoms with Crippen LogP contribution in [0.3, 0.4) is 0 Å². The summed E-state index contributed by atoms with van der Waals surface area (Å²) < 4.78 is 2.17. The number of carbonyl (C=O) groups excluding carboxylic acids is 2. The van der Waals surface area contributed by atoms with Crippen LogP contribution in [0.1, 0.15) is 51.9 Å². The van der Waals surface area contributed by atoms with Gasteiger partial charge in [-0.15, -0.1) is 11.3 Å². The van der Waals surface area contributed by atoms with Crippen molar-refractivity contribution in [3.05, 3.63) is 94.5 Å². The van der Waals surface area contributed by atoms with E-state index in [1.165, 1.54) is 5.56 Å². The predicted octanol–water partition coefficient (Wildman–Crippen LogP) is 5.61. The van der Waals surface area contributed by atoms with Gasteiger partial charge in [-0.2, -0.15) is 0 Å². The summed E-state index contributed by atoms with van der Waals surface area (Å²) in [7, 11) is 0. The largest absolute Gasteiger partial charge is 0.334 e. The lowest BCUT2D eigenvalue weighted by atomic mass is 10.1. The average Bonchev–Trinajstić information content (AvgIpc) is 3.45. The van der Waals surface area contributed by atoms with Crippen molar-refractivity contribution >= 4 is 33.4 Å². The Labute approximate surface area is 204 Å². The van der Waals surface area contributed by atoms with E-state index in [1.54, 1.807) is 11.3 Å². The van der Waals surface area contributed by atoms with E-state index in [1.807, 2.05) is 72.2 Å². The van der Waals surface area contributed by atoms with E-state index in [0.29, 0.717) is 30.9 Å². The molecular formula is C28H29N3O2S. The van der Waals surface area contributed by atoms with E-state index < -0.39 is 0 Å². The van der Waals surface area contributed by atoms with Crippen molar-refractivity contribution in [2.75, 3.05) is 19.6 Å². The Hall–Kier alpha value is -3.38. The summed E-state index contributed by atoms with van der Waals surface area (Å²) in [5.41, 5.74) is 3.71. The Morgan fingerprint density at radius 2 is 1.71 bits per heavy atom. The zero-order valence-corrected chi connectivity index (χ0v) is 20.6. The van der Waals surface area contributed by atoms with E-state index in [0.717, 1.165) is 15.8 Å². The van der Waals surface area contributed by atoms with E-state index in [-0.39, 0.29) is 23.9 Å². The number of benzene rings is 2. The van der Waals surface area contributed by atoms with Crippen molar-refractivity contribution in [2.24, 2.45) is 0 Å². The molecule has 0 aliphatic carbocycles. The molecule has 2 amide bonds. The van der Waals surface area contributed by atoms with Gasteiger partial charge in [0.1, 0.15) is 10.5 Å². The van der Waals surface area contributed by atoms with Gasteiger partial charge in [0.2, 0.25) is 0 Å². The second-order valence-corrected chi connectivity index (χ2v) is 10.0. The van der Waals surface area contributed by atoms with Crippen LogP contribution in [0.5, 0.6) is 0 Å². The molecule has 1 saturated heterocycles. The number of thiophene rings is 1. The van der Waals surface area contributed by atoms with Gasteiger partial charge in [0.05, 0.1) is 6.04 Å². The Morgan fingerprint density at radius 3 is 2.41 bits per heavy atom. The molecule has 1 aliphatic rings. The summed E-state index contributed by atoms with van der Waals surface area (Å²) in [6, 6.07) is 22.1. The Balaban J connectivity index is 1.39. The highest BCUT2D eigenvalue weighted by Crippen LogP contribution is 2.32. The molecule has 4 aromatic rings. The van der Waals surface area contributed by atoms with E-state index in [2.05, 4.69) is 35.1 Å². The molecule has 0 bridgehead atoms. The first-order chi connectivity index (χ1) is 16.4. The summed E-state index contributed by atoms with van der Waals surface area (Å²) >= 11 is 1.66. The first kappa shape index (κ1) is 22.4. The minimum atomic E-state index is -0.0532. The van der Waals surface area contributed by atoms with E-state index in [9.17, 15) is 9.59 Å². The van der Waals surface area contributed by atoms with Crippen LogP contribution in [-0.2, 0) is 0 Å². The van der Waals surface area contributed by atoms with Crippen molar-refractivity contribution in [3.8, 4) is 0 Å². The number of aryl methyl sites for hydroxylation is 1. The lowest BCUT2D eigenvalue weighted by molar-refractivity contribution is 0.0409. The third kappa shape index (κ3) is 4.03. The Bertz CT molecular complexity index is 1320. The molecule has 2 aromatic carbocycles. The monoisotopic (exact) mass is 471 g/mol. The minimum absolute atomic E-state index is 0.0282. The van der Waals surface area contributed by atoms with Gasteiger partial charge in [-0.3, -0.25) is 9.59 Å². The van der Waals surface area contributed by atoms with Crippen LogP contribution in [0, 0.1) is 6.92 Å². The van der Waals surface area contributed by atoms with Crippen molar-refractivity contribution in [1.29, 1.82) is 0 Å². The maximum atomic E-state index is 13.8.